The van der Waals surface area contributed by atoms with Crippen LogP contribution in [0.5, 0.6) is 0 Å². The van der Waals surface area contributed by atoms with Crippen LogP contribution in [-0.2, 0) is 27.8 Å². The van der Waals surface area contributed by atoms with Crippen LogP contribution in [0.4, 0.5) is 8.78 Å². The number of primary amides is 1. The number of nitrogens with two attached hydrogens (primary N) is 1. The summed E-state index contributed by atoms with van der Waals surface area (Å²) in [5.41, 5.74) is 6.25. The van der Waals surface area contributed by atoms with E-state index in [-0.39, 0.29) is 41.9 Å². The number of tetrazole rings is 1. The molecule has 2 heterocycles. The number of hydrogen-bond donors (Lipinski definition) is 2. The number of aromatic nitrogens is 4. The summed E-state index contributed by atoms with van der Waals surface area (Å²) in [5.74, 6) is -2.87. The van der Waals surface area contributed by atoms with Gasteiger partial charge in [-0.1, -0.05) is 23.7 Å². The van der Waals surface area contributed by atoms with Crippen LogP contribution in [0.1, 0.15) is 5.56 Å². The molecule has 0 spiro atoms. The highest BCUT2D eigenvalue weighted by Gasteiger charge is 2.41. The number of carbonyl (C=O) groups is 2. The van der Waals surface area contributed by atoms with E-state index in [0.29, 0.717) is 16.7 Å². The lowest BCUT2D eigenvalue weighted by Gasteiger charge is -2.33. The molecule has 0 saturated carbocycles. The summed E-state index contributed by atoms with van der Waals surface area (Å²) in [5, 5.41) is 14.4. The number of halogens is 3. The molecule has 3 N–H and O–H groups in total. The summed E-state index contributed by atoms with van der Waals surface area (Å²) in [6.07, 6.45) is -0.730. The number of ether oxygens (including phenoxy) is 1. The van der Waals surface area contributed by atoms with E-state index in [4.69, 9.17) is 22.1 Å². The van der Waals surface area contributed by atoms with Gasteiger partial charge < -0.3 is 15.8 Å². The summed E-state index contributed by atoms with van der Waals surface area (Å²) >= 11 is 6.03. The fourth-order valence-corrected chi connectivity index (χ4v) is 3.77. The normalized spacial score (nSPS) is 17.5. The van der Waals surface area contributed by atoms with Crippen molar-refractivity contribution in [1.29, 1.82) is 0 Å². The molecule has 1 saturated heterocycles. The zero-order chi connectivity index (χ0) is 23.7. The number of aryl methyl sites for hydroxylation is 1. The van der Waals surface area contributed by atoms with Crippen molar-refractivity contribution in [3.63, 3.8) is 0 Å². The Hall–Kier alpha value is -3.44. The lowest BCUT2D eigenvalue weighted by atomic mass is 9.96. The van der Waals surface area contributed by atoms with Crippen molar-refractivity contribution in [1.82, 2.24) is 25.5 Å². The van der Waals surface area contributed by atoms with Gasteiger partial charge in [0.2, 0.25) is 17.6 Å². The summed E-state index contributed by atoms with van der Waals surface area (Å²) in [4.78, 5) is 24.5. The van der Waals surface area contributed by atoms with Gasteiger partial charge >= 0.3 is 0 Å². The molecule has 1 aliphatic heterocycles. The number of rotatable bonds is 7. The molecule has 2 atom stereocenters. The van der Waals surface area contributed by atoms with Gasteiger partial charge in [0.15, 0.2) is 0 Å². The first kappa shape index (κ1) is 22.7. The molecule has 2 amide bonds. The molecule has 33 heavy (non-hydrogen) atoms. The molecule has 0 bridgehead atoms. The molecule has 1 fully saturated rings. The standard InChI is InChI=1S/C21H19ClF2N6O3/c1-30-28-20(27-29-30)17-13(7-12(22)8-16(17)24)11-3-2-10(15(23)6-11)4-5-26-21(32)14-9-33-18(14)19(25)31/h2-3,6-8,14,18H,4-5,9H2,1H3,(H2,25,31)(H,26,32)/t14?,18-/m1/s1. The van der Waals surface area contributed by atoms with Crippen molar-refractivity contribution in [3.8, 4) is 22.5 Å². The van der Waals surface area contributed by atoms with Crippen molar-refractivity contribution in [3.05, 3.63) is 52.6 Å². The predicted octanol–water partition coefficient (Wildman–Crippen LogP) is 1.63. The number of nitrogens with one attached hydrogen (secondary N) is 1. The number of benzene rings is 2. The van der Waals surface area contributed by atoms with Gasteiger partial charge in [0, 0.05) is 11.6 Å². The van der Waals surface area contributed by atoms with Crippen LogP contribution < -0.4 is 11.1 Å². The lowest BCUT2D eigenvalue weighted by Crippen LogP contribution is -2.55. The molecule has 172 valence electrons. The highest BCUT2D eigenvalue weighted by atomic mass is 35.5. The van der Waals surface area contributed by atoms with E-state index < -0.39 is 29.6 Å². The van der Waals surface area contributed by atoms with Crippen molar-refractivity contribution in [2.45, 2.75) is 12.5 Å². The highest BCUT2D eigenvalue weighted by Crippen LogP contribution is 2.35. The minimum Gasteiger partial charge on any atom is -0.367 e. The van der Waals surface area contributed by atoms with E-state index >= 15 is 0 Å². The smallest absolute Gasteiger partial charge is 0.247 e. The van der Waals surface area contributed by atoms with E-state index in [1.54, 1.807) is 19.2 Å². The Morgan fingerprint density at radius 2 is 2.06 bits per heavy atom. The molecule has 1 unspecified atom stereocenters. The molecule has 12 heteroatoms. The summed E-state index contributed by atoms with van der Waals surface area (Å²) < 4.78 is 34.5. The van der Waals surface area contributed by atoms with Gasteiger partial charge in [-0.2, -0.15) is 4.80 Å². The van der Waals surface area contributed by atoms with Gasteiger partial charge in [-0.3, -0.25) is 9.59 Å². The van der Waals surface area contributed by atoms with Crippen LogP contribution in [0, 0.1) is 17.6 Å². The highest BCUT2D eigenvalue weighted by molar-refractivity contribution is 6.31. The minimum atomic E-state index is -0.933. The predicted molar refractivity (Wildman–Crippen MR) is 114 cm³/mol. The molecule has 1 aromatic heterocycles. The summed E-state index contributed by atoms with van der Waals surface area (Å²) in [7, 11) is 1.54. The maximum absolute atomic E-state index is 14.8. The Kier molecular flexibility index (Phi) is 6.34. The van der Waals surface area contributed by atoms with Crippen molar-refractivity contribution in [2.75, 3.05) is 13.2 Å². The van der Waals surface area contributed by atoms with Crippen LogP contribution in [0.3, 0.4) is 0 Å². The van der Waals surface area contributed by atoms with E-state index in [1.165, 1.54) is 16.9 Å². The third-order valence-corrected chi connectivity index (χ3v) is 5.50. The molecule has 0 aliphatic carbocycles. The fourth-order valence-electron chi connectivity index (χ4n) is 3.56. The number of hydrogen-bond acceptors (Lipinski definition) is 6. The summed E-state index contributed by atoms with van der Waals surface area (Å²) in [6.45, 7) is 0.263. The fraction of sp³-hybridized carbons (Fsp3) is 0.286. The Morgan fingerprint density at radius 3 is 2.67 bits per heavy atom. The van der Waals surface area contributed by atoms with Gasteiger partial charge in [-0.15, -0.1) is 10.2 Å². The Labute approximate surface area is 191 Å². The van der Waals surface area contributed by atoms with Crippen LogP contribution in [0.25, 0.3) is 22.5 Å². The molecular formula is C21H19ClF2N6O3. The molecule has 3 aromatic rings. The zero-order valence-electron chi connectivity index (χ0n) is 17.4. The van der Waals surface area contributed by atoms with Crippen LogP contribution >= 0.6 is 11.6 Å². The monoisotopic (exact) mass is 476 g/mol. The molecular weight excluding hydrogens is 458 g/mol. The third kappa shape index (κ3) is 4.69. The lowest BCUT2D eigenvalue weighted by molar-refractivity contribution is -0.167. The second-order valence-electron chi connectivity index (χ2n) is 7.52. The first-order valence-electron chi connectivity index (χ1n) is 9.95. The summed E-state index contributed by atoms with van der Waals surface area (Å²) in [6, 6.07) is 7.04. The van der Waals surface area contributed by atoms with E-state index in [9.17, 15) is 18.4 Å². The number of amides is 2. The average molecular weight is 477 g/mol. The van der Waals surface area contributed by atoms with Gasteiger partial charge in [0.25, 0.3) is 0 Å². The minimum absolute atomic E-state index is 0.0445. The van der Waals surface area contributed by atoms with Gasteiger partial charge in [-0.25, -0.2) is 8.78 Å². The SMILES string of the molecule is Cn1nnc(-c2c(F)cc(Cl)cc2-c2ccc(CCNC(=O)C3CO[C@H]3C(N)=O)c(F)c2)n1. The van der Waals surface area contributed by atoms with E-state index in [0.717, 1.165) is 6.07 Å². The Balaban J connectivity index is 1.50. The molecule has 1 aliphatic rings. The van der Waals surface area contributed by atoms with E-state index in [2.05, 4.69) is 20.7 Å². The first-order valence-corrected chi connectivity index (χ1v) is 10.3. The second-order valence-corrected chi connectivity index (χ2v) is 7.96. The molecule has 4 rings (SSSR count). The van der Waals surface area contributed by atoms with Gasteiger partial charge in [0.05, 0.1) is 25.1 Å². The number of nitrogens with zero attached hydrogens (tertiary/aromatic N) is 4. The maximum Gasteiger partial charge on any atom is 0.247 e. The van der Waals surface area contributed by atoms with Crippen molar-refractivity contribution >= 4 is 23.4 Å². The Bertz CT molecular complexity index is 1230. The molecule has 9 nitrogen and oxygen atoms in total. The first-order chi connectivity index (χ1) is 15.7. The van der Waals surface area contributed by atoms with Gasteiger partial charge in [-0.05, 0) is 46.5 Å². The quantitative estimate of drug-likeness (QED) is 0.534. The largest absolute Gasteiger partial charge is 0.367 e. The number of carbonyl (C=O) groups excluding carboxylic acids is 2. The average Bonchev–Trinajstić information content (AvgIpc) is 3.13. The van der Waals surface area contributed by atoms with E-state index in [1.807, 2.05) is 0 Å². The zero-order valence-corrected chi connectivity index (χ0v) is 18.1. The maximum atomic E-state index is 14.8. The van der Waals surface area contributed by atoms with Crippen molar-refractivity contribution in [2.24, 2.45) is 18.7 Å². The second kappa shape index (κ2) is 9.20. The molecule has 0 radical (unpaired) electrons. The van der Waals surface area contributed by atoms with Crippen LogP contribution in [0.2, 0.25) is 5.02 Å². The van der Waals surface area contributed by atoms with Gasteiger partial charge in [0.1, 0.15) is 17.7 Å². The topological polar surface area (TPSA) is 125 Å². The molecule has 2 aromatic carbocycles. The Morgan fingerprint density at radius 1 is 1.27 bits per heavy atom. The van der Waals surface area contributed by atoms with Crippen LogP contribution in [-0.4, -0.2) is 51.3 Å². The third-order valence-electron chi connectivity index (χ3n) is 5.28. The van der Waals surface area contributed by atoms with Crippen LogP contribution in [0.15, 0.2) is 30.3 Å². The van der Waals surface area contributed by atoms with Crippen molar-refractivity contribution < 1.29 is 23.1 Å².